The summed E-state index contributed by atoms with van der Waals surface area (Å²) in [6.45, 7) is -0.480. The number of hydrogen-bond acceptors (Lipinski definition) is 2. The van der Waals surface area contributed by atoms with Gasteiger partial charge in [-0.15, -0.1) is 0 Å². The Hall–Kier alpha value is -1.56. The van der Waals surface area contributed by atoms with Crippen molar-refractivity contribution < 1.29 is 13.2 Å². The molecule has 0 amide bonds. The van der Waals surface area contributed by atoms with E-state index in [-0.39, 0.29) is 5.69 Å². The van der Waals surface area contributed by atoms with E-state index in [1.807, 2.05) is 0 Å². The second kappa shape index (κ2) is 3.79. The summed E-state index contributed by atoms with van der Waals surface area (Å²) in [6.07, 6.45) is -1.58. The molecule has 0 saturated carbocycles. The highest BCUT2D eigenvalue weighted by Gasteiger charge is 2.41. The minimum Gasteiger partial charge on any atom is -0.329 e. The summed E-state index contributed by atoms with van der Waals surface area (Å²) in [5, 5.41) is 0. The molecule has 1 unspecified atom stereocenters. The van der Waals surface area contributed by atoms with Crippen LogP contribution in [0.25, 0.3) is 5.65 Å². The fraction of sp³-hybridized carbons (Fsp3) is 0.300. The number of halogens is 3. The predicted molar refractivity (Wildman–Crippen MR) is 53.0 cm³/mol. The SMILES string of the molecule is NCC(c1cnc2ccccn12)C(F)(F)F. The monoisotopic (exact) mass is 229 g/mol. The molecular formula is C10H10F3N3. The lowest BCUT2D eigenvalue weighted by molar-refractivity contribution is -0.149. The molecule has 0 aliphatic heterocycles. The highest BCUT2D eigenvalue weighted by Crippen LogP contribution is 2.33. The number of rotatable bonds is 2. The molecule has 2 N–H and O–H groups in total. The van der Waals surface area contributed by atoms with E-state index in [9.17, 15) is 13.2 Å². The predicted octanol–water partition coefficient (Wildman–Crippen LogP) is 1.94. The Balaban J connectivity index is 2.54. The Morgan fingerprint density at radius 2 is 2.12 bits per heavy atom. The molecule has 0 aliphatic carbocycles. The van der Waals surface area contributed by atoms with E-state index in [2.05, 4.69) is 4.98 Å². The molecule has 0 aliphatic rings. The lowest BCUT2D eigenvalue weighted by Crippen LogP contribution is -2.29. The highest BCUT2D eigenvalue weighted by molar-refractivity contribution is 5.40. The first-order chi connectivity index (χ1) is 7.54. The minimum absolute atomic E-state index is 0.0746. The third kappa shape index (κ3) is 1.76. The first-order valence-corrected chi connectivity index (χ1v) is 4.73. The van der Waals surface area contributed by atoms with Crippen molar-refractivity contribution in [3.8, 4) is 0 Å². The Labute approximate surface area is 89.7 Å². The maximum absolute atomic E-state index is 12.7. The van der Waals surface area contributed by atoms with Gasteiger partial charge in [-0.2, -0.15) is 13.2 Å². The summed E-state index contributed by atoms with van der Waals surface area (Å²) in [4.78, 5) is 3.91. The van der Waals surface area contributed by atoms with Crippen LogP contribution in [0.15, 0.2) is 30.6 Å². The van der Waals surface area contributed by atoms with Gasteiger partial charge in [-0.1, -0.05) is 6.07 Å². The lowest BCUT2D eigenvalue weighted by Gasteiger charge is -2.17. The highest BCUT2D eigenvalue weighted by atomic mass is 19.4. The largest absolute Gasteiger partial charge is 0.398 e. The molecular weight excluding hydrogens is 219 g/mol. The van der Waals surface area contributed by atoms with Crippen LogP contribution >= 0.6 is 0 Å². The average molecular weight is 229 g/mol. The zero-order valence-corrected chi connectivity index (χ0v) is 8.28. The van der Waals surface area contributed by atoms with Crippen molar-refractivity contribution >= 4 is 5.65 Å². The fourth-order valence-electron chi connectivity index (χ4n) is 1.63. The second-order valence-electron chi connectivity index (χ2n) is 3.44. The topological polar surface area (TPSA) is 43.3 Å². The molecule has 3 nitrogen and oxygen atoms in total. The average Bonchev–Trinajstić information content (AvgIpc) is 2.61. The van der Waals surface area contributed by atoms with Crippen LogP contribution in [0.3, 0.4) is 0 Å². The summed E-state index contributed by atoms with van der Waals surface area (Å²) in [5.74, 6) is -1.68. The minimum atomic E-state index is -4.35. The van der Waals surface area contributed by atoms with Crippen molar-refractivity contribution in [3.63, 3.8) is 0 Å². The van der Waals surface area contributed by atoms with Crippen molar-refractivity contribution in [2.24, 2.45) is 5.73 Å². The molecule has 0 bridgehead atoms. The number of imidazole rings is 1. The van der Waals surface area contributed by atoms with Gasteiger partial charge < -0.3 is 10.1 Å². The maximum atomic E-state index is 12.7. The number of fused-ring (bicyclic) bond motifs is 1. The fourth-order valence-corrected chi connectivity index (χ4v) is 1.63. The van der Waals surface area contributed by atoms with E-state index < -0.39 is 18.6 Å². The third-order valence-corrected chi connectivity index (χ3v) is 2.43. The Morgan fingerprint density at radius 1 is 1.38 bits per heavy atom. The standard InChI is InChI=1S/C10H10F3N3/c11-10(12,13)7(5-14)8-6-15-9-3-1-2-4-16(8)9/h1-4,6-7H,5,14H2. The van der Waals surface area contributed by atoms with Gasteiger partial charge in [0.25, 0.3) is 0 Å². The van der Waals surface area contributed by atoms with Crippen LogP contribution in [0.4, 0.5) is 13.2 Å². The molecule has 2 heterocycles. The van der Waals surface area contributed by atoms with Crippen molar-refractivity contribution in [3.05, 3.63) is 36.3 Å². The van der Waals surface area contributed by atoms with Crippen molar-refractivity contribution in [2.45, 2.75) is 12.1 Å². The van der Waals surface area contributed by atoms with Gasteiger partial charge in [-0.25, -0.2) is 4.98 Å². The molecule has 0 saturated heterocycles. The van der Waals surface area contributed by atoms with Gasteiger partial charge >= 0.3 is 6.18 Å². The molecule has 0 spiro atoms. The molecule has 0 radical (unpaired) electrons. The van der Waals surface area contributed by atoms with Gasteiger partial charge in [0.05, 0.1) is 5.69 Å². The van der Waals surface area contributed by atoms with Crippen molar-refractivity contribution in [1.29, 1.82) is 0 Å². The summed E-state index contributed by atoms with van der Waals surface area (Å²) in [5.41, 5.74) is 5.74. The third-order valence-electron chi connectivity index (χ3n) is 2.43. The number of nitrogens with zero attached hydrogens (tertiary/aromatic N) is 2. The van der Waals surface area contributed by atoms with Crippen molar-refractivity contribution in [2.75, 3.05) is 6.54 Å². The molecule has 1 atom stereocenters. The molecule has 86 valence electrons. The van der Waals surface area contributed by atoms with Crippen LogP contribution in [0.2, 0.25) is 0 Å². The Kier molecular flexibility index (Phi) is 2.59. The summed E-state index contributed by atoms with van der Waals surface area (Å²) in [7, 11) is 0. The summed E-state index contributed by atoms with van der Waals surface area (Å²) < 4.78 is 39.5. The molecule has 2 aromatic heterocycles. The van der Waals surface area contributed by atoms with Crippen LogP contribution in [0.1, 0.15) is 11.6 Å². The number of nitrogens with two attached hydrogens (primary N) is 1. The Morgan fingerprint density at radius 3 is 2.75 bits per heavy atom. The maximum Gasteiger partial charge on any atom is 0.398 e. The van der Waals surface area contributed by atoms with E-state index in [1.54, 1.807) is 24.4 Å². The van der Waals surface area contributed by atoms with Crippen LogP contribution in [-0.2, 0) is 0 Å². The van der Waals surface area contributed by atoms with Gasteiger partial charge in [-0.3, -0.25) is 0 Å². The van der Waals surface area contributed by atoms with E-state index in [4.69, 9.17) is 5.73 Å². The molecule has 0 fully saturated rings. The van der Waals surface area contributed by atoms with Crippen LogP contribution in [0.5, 0.6) is 0 Å². The number of alkyl halides is 3. The smallest absolute Gasteiger partial charge is 0.329 e. The molecule has 2 aromatic rings. The van der Waals surface area contributed by atoms with Gasteiger partial charge in [-0.05, 0) is 12.1 Å². The zero-order chi connectivity index (χ0) is 11.8. The summed E-state index contributed by atoms with van der Waals surface area (Å²) >= 11 is 0. The first kappa shape index (κ1) is 10.9. The van der Waals surface area contributed by atoms with Crippen LogP contribution < -0.4 is 5.73 Å². The van der Waals surface area contributed by atoms with Crippen molar-refractivity contribution in [1.82, 2.24) is 9.38 Å². The van der Waals surface area contributed by atoms with Gasteiger partial charge in [0.15, 0.2) is 0 Å². The molecule has 6 heteroatoms. The number of aromatic nitrogens is 2. The van der Waals surface area contributed by atoms with E-state index in [0.717, 1.165) is 0 Å². The van der Waals surface area contributed by atoms with E-state index in [1.165, 1.54) is 10.6 Å². The van der Waals surface area contributed by atoms with Gasteiger partial charge in [0.1, 0.15) is 11.6 Å². The van der Waals surface area contributed by atoms with E-state index in [0.29, 0.717) is 5.65 Å². The van der Waals surface area contributed by atoms with Crippen LogP contribution in [0, 0.1) is 0 Å². The van der Waals surface area contributed by atoms with Gasteiger partial charge in [0.2, 0.25) is 0 Å². The molecule has 2 rings (SSSR count). The normalized spacial score (nSPS) is 14.2. The zero-order valence-electron chi connectivity index (χ0n) is 8.28. The quantitative estimate of drug-likeness (QED) is 0.855. The lowest BCUT2D eigenvalue weighted by atomic mass is 10.1. The van der Waals surface area contributed by atoms with Gasteiger partial charge in [0, 0.05) is 18.9 Å². The molecule has 16 heavy (non-hydrogen) atoms. The number of hydrogen-bond donors (Lipinski definition) is 1. The van der Waals surface area contributed by atoms with Crippen LogP contribution in [-0.4, -0.2) is 22.1 Å². The second-order valence-corrected chi connectivity index (χ2v) is 3.44. The molecule has 0 aromatic carbocycles. The van der Waals surface area contributed by atoms with E-state index >= 15 is 0 Å². The number of pyridine rings is 1. The first-order valence-electron chi connectivity index (χ1n) is 4.73. The Bertz CT molecular complexity index is 489. The summed E-state index contributed by atoms with van der Waals surface area (Å²) in [6, 6.07) is 5.02.